The molecule has 38 heavy (non-hydrogen) atoms. The maximum atomic E-state index is 9.11. The second kappa shape index (κ2) is 52.4. The maximum absolute atomic E-state index is 9.11. The number of phenols is 1. The molecule has 0 spiro atoms. The highest BCUT2D eigenvalue weighted by Gasteiger charge is 1.92. The molecule has 0 aromatic heterocycles. The van der Waals surface area contributed by atoms with E-state index in [-0.39, 0.29) is 43.2 Å². The Bertz CT molecular complexity index is 553. The zero-order valence-electron chi connectivity index (χ0n) is 22.9. The first kappa shape index (κ1) is 61.1. The van der Waals surface area contributed by atoms with Gasteiger partial charge in [-0.2, -0.15) is 12.6 Å². The Labute approximate surface area is 254 Å². The summed E-state index contributed by atoms with van der Waals surface area (Å²) in [6.07, 6.45) is 6.39. The molecule has 2 aromatic carbocycles. The summed E-state index contributed by atoms with van der Waals surface area (Å²) in [4.78, 5) is 1.10. The predicted molar refractivity (Wildman–Crippen MR) is 192 cm³/mol. The van der Waals surface area contributed by atoms with E-state index in [1.807, 2.05) is 50.2 Å². The van der Waals surface area contributed by atoms with E-state index in [1.54, 1.807) is 13.0 Å². The third-order valence-corrected chi connectivity index (χ3v) is 4.44. The van der Waals surface area contributed by atoms with Crippen molar-refractivity contribution in [3.05, 3.63) is 59.7 Å². The van der Waals surface area contributed by atoms with Gasteiger partial charge in [0.1, 0.15) is 5.75 Å². The van der Waals surface area contributed by atoms with Gasteiger partial charge in [0.15, 0.2) is 0 Å². The molecule has 1 atom stereocenters. The maximum Gasteiger partial charge on any atom is 0.118 e. The third kappa shape index (κ3) is 51.5. The van der Waals surface area contributed by atoms with E-state index in [1.165, 1.54) is 24.8 Å². The SMILES string of the molecule is C.C.C.C.C.CCC.CCC.CCC(C)O.CCCS.CCc1ccccc1O.CCc1ccccc1S. The highest BCUT2D eigenvalue weighted by Crippen LogP contribution is 2.15. The van der Waals surface area contributed by atoms with Gasteiger partial charge in [-0.15, -0.1) is 12.6 Å². The second-order valence-electron chi connectivity index (χ2n) is 7.36. The molecule has 0 aliphatic heterocycles. The molecule has 0 fully saturated rings. The van der Waals surface area contributed by atoms with Crippen LogP contribution in [0, 0.1) is 0 Å². The second-order valence-corrected chi connectivity index (χ2v) is 8.29. The predicted octanol–water partition coefficient (Wildman–Crippen LogP) is 12.6. The van der Waals surface area contributed by atoms with Crippen LogP contribution in [0.2, 0.25) is 0 Å². The van der Waals surface area contributed by atoms with E-state index in [2.05, 4.69) is 72.9 Å². The van der Waals surface area contributed by atoms with Crippen molar-refractivity contribution in [1.29, 1.82) is 0 Å². The first-order valence-corrected chi connectivity index (χ1v) is 13.6. The largest absolute Gasteiger partial charge is 0.508 e. The molecule has 2 rings (SSSR count). The number of para-hydroxylation sites is 1. The number of hydrogen-bond donors (Lipinski definition) is 4. The van der Waals surface area contributed by atoms with Gasteiger partial charge >= 0.3 is 0 Å². The quantitative estimate of drug-likeness (QED) is 0.272. The van der Waals surface area contributed by atoms with Crippen LogP contribution in [0.3, 0.4) is 0 Å². The topological polar surface area (TPSA) is 40.5 Å². The molecule has 0 saturated carbocycles. The van der Waals surface area contributed by atoms with Crippen LogP contribution in [0.4, 0.5) is 0 Å². The minimum Gasteiger partial charge on any atom is -0.508 e. The molecule has 2 N–H and O–H groups in total. The Morgan fingerprint density at radius 1 is 0.658 bits per heavy atom. The van der Waals surface area contributed by atoms with Crippen molar-refractivity contribution >= 4 is 25.3 Å². The highest BCUT2D eigenvalue weighted by molar-refractivity contribution is 7.80. The van der Waals surface area contributed by atoms with Crippen LogP contribution in [0.25, 0.3) is 0 Å². The number of benzene rings is 2. The number of aryl methyl sites for hydroxylation is 2. The Balaban J connectivity index is -0.0000000391. The first-order valence-electron chi connectivity index (χ1n) is 12.5. The van der Waals surface area contributed by atoms with E-state index in [4.69, 9.17) is 10.2 Å². The molecule has 0 bridgehead atoms. The Morgan fingerprint density at radius 3 is 1.13 bits per heavy atom. The summed E-state index contributed by atoms with van der Waals surface area (Å²) in [7, 11) is 0. The standard InChI is InChI=1S/C8H10O.C8H10S.C4H10O.C3H8S.2C3H8.5CH4/c2*1-2-7-5-3-4-6-8(7)9;1-3-4(2)5;1-2-3-4;2*1-3-2;;;;;/h2*3-6,9H,2H2,1H3;4-5H,3H2,1-2H3;4H,2-3H2,1H3;2*3H2,1-2H3;5*1H4. The normalized spacial score (nSPS) is 8.21. The van der Waals surface area contributed by atoms with Crippen molar-refractivity contribution in [2.75, 3.05) is 5.75 Å². The Kier molecular flexibility index (Phi) is 84.2. The van der Waals surface area contributed by atoms with Crippen LogP contribution in [-0.4, -0.2) is 22.1 Å². The van der Waals surface area contributed by atoms with E-state index >= 15 is 0 Å². The highest BCUT2D eigenvalue weighted by atomic mass is 32.1. The number of aromatic hydroxyl groups is 1. The van der Waals surface area contributed by atoms with Gasteiger partial charge in [0.25, 0.3) is 0 Å². The summed E-state index contributed by atoms with van der Waals surface area (Å²) in [6, 6.07) is 15.5. The van der Waals surface area contributed by atoms with E-state index < -0.39 is 0 Å². The number of thiol groups is 2. The summed E-state index contributed by atoms with van der Waals surface area (Å²) in [5.41, 5.74) is 2.33. The summed E-state index contributed by atoms with van der Waals surface area (Å²) in [5, 5.41) is 17.5. The van der Waals surface area contributed by atoms with Gasteiger partial charge in [-0.05, 0) is 61.6 Å². The summed E-state index contributed by atoms with van der Waals surface area (Å²) >= 11 is 8.20. The fourth-order valence-corrected chi connectivity index (χ4v) is 1.94. The van der Waals surface area contributed by atoms with Crippen LogP contribution in [0.5, 0.6) is 5.75 Å². The van der Waals surface area contributed by atoms with Gasteiger partial charge in [0.05, 0.1) is 6.10 Å². The molecule has 0 aliphatic carbocycles. The lowest BCUT2D eigenvalue weighted by atomic mass is 10.1. The lowest BCUT2D eigenvalue weighted by Crippen LogP contribution is -1.93. The van der Waals surface area contributed by atoms with Crippen molar-refractivity contribution in [1.82, 2.24) is 0 Å². The number of rotatable bonds is 4. The van der Waals surface area contributed by atoms with E-state index in [9.17, 15) is 0 Å². The van der Waals surface area contributed by atoms with E-state index in [0.717, 1.165) is 35.5 Å². The Hall–Kier alpha value is -1.10. The van der Waals surface area contributed by atoms with Crippen LogP contribution >= 0.6 is 25.3 Å². The van der Waals surface area contributed by atoms with Gasteiger partial charge in [0.2, 0.25) is 0 Å². The molecular weight excluding hydrogens is 505 g/mol. The molecule has 0 heterocycles. The van der Waals surface area contributed by atoms with Crippen molar-refractivity contribution < 1.29 is 10.2 Å². The number of aliphatic hydroxyl groups excluding tert-OH is 1. The molecule has 1 unspecified atom stereocenters. The Morgan fingerprint density at radius 2 is 0.947 bits per heavy atom. The summed E-state index contributed by atoms with van der Waals surface area (Å²) < 4.78 is 0. The van der Waals surface area contributed by atoms with Gasteiger partial charge in [0, 0.05) is 4.90 Å². The van der Waals surface area contributed by atoms with Crippen LogP contribution in [0.1, 0.15) is 136 Å². The van der Waals surface area contributed by atoms with Gasteiger partial charge in [-0.1, -0.05) is 142 Å². The van der Waals surface area contributed by atoms with E-state index in [0.29, 0.717) is 5.75 Å². The number of phenolic OH excluding ortho intramolecular Hbond substituents is 1. The average Bonchev–Trinajstić information content (AvgIpc) is 2.82. The van der Waals surface area contributed by atoms with Crippen LogP contribution in [-0.2, 0) is 12.8 Å². The molecule has 2 aromatic rings. The lowest BCUT2D eigenvalue weighted by Gasteiger charge is -1.97. The molecule has 4 heteroatoms. The van der Waals surface area contributed by atoms with Crippen molar-refractivity contribution in [3.8, 4) is 5.75 Å². The molecular formula is C34H74O2S2. The van der Waals surface area contributed by atoms with Crippen molar-refractivity contribution in [2.24, 2.45) is 0 Å². The van der Waals surface area contributed by atoms with Gasteiger partial charge in [-0.3, -0.25) is 0 Å². The molecule has 0 amide bonds. The third-order valence-electron chi connectivity index (χ3n) is 3.56. The van der Waals surface area contributed by atoms with Gasteiger partial charge < -0.3 is 10.2 Å². The summed E-state index contributed by atoms with van der Waals surface area (Å²) in [5.74, 6) is 1.42. The molecule has 0 saturated heterocycles. The first-order chi connectivity index (χ1) is 15.7. The lowest BCUT2D eigenvalue weighted by molar-refractivity contribution is 0.191. The molecule has 0 radical (unpaired) electrons. The van der Waals surface area contributed by atoms with Crippen LogP contribution < -0.4 is 0 Å². The minimum atomic E-state index is -0.116. The summed E-state index contributed by atoms with van der Waals surface area (Å²) in [6.45, 7) is 18.5. The van der Waals surface area contributed by atoms with Crippen LogP contribution in [0.15, 0.2) is 53.4 Å². The minimum absolute atomic E-state index is 0. The molecule has 2 nitrogen and oxygen atoms in total. The number of aliphatic hydroxyl groups is 1. The fraction of sp³-hybridized carbons (Fsp3) is 0.647. The smallest absolute Gasteiger partial charge is 0.118 e. The average molecular weight is 579 g/mol. The van der Waals surface area contributed by atoms with Crippen molar-refractivity contribution in [3.63, 3.8) is 0 Å². The molecule has 234 valence electrons. The zero-order valence-corrected chi connectivity index (χ0v) is 24.7. The van der Waals surface area contributed by atoms with Crippen molar-refractivity contribution in [2.45, 2.75) is 149 Å². The van der Waals surface area contributed by atoms with Gasteiger partial charge in [-0.25, -0.2) is 0 Å². The zero-order chi connectivity index (χ0) is 26.5. The fourth-order valence-electron chi connectivity index (χ4n) is 1.62. The monoisotopic (exact) mass is 579 g/mol. The molecule has 0 aliphatic rings. The number of hydrogen-bond acceptors (Lipinski definition) is 4.